The maximum atomic E-state index is 5.64. The third-order valence-corrected chi connectivity index (χ3v) is 3.06. The molecule has 0 saturated carbocycles. The van der Waals surface area contributed by atoms with Crippen LogP contribution in [0.1, 0.15) is 29.4 Å². The zero-order valence-electron chi connectivity index (χ0n) is 10.6. The number of nitrogens with zero attached hydrogens (tertiary/aromatic N) is 3. The molecular formula is C13H18N4. The highest BCUT2D eigenvalue weighted by Gasteiger charge is 2.11. The second-order valence-corrected chi connectivity index (χ2v) is 4.14. The van der Waals surface area contributed by atoms with Gasteiger partial charge in [-0.15, -0.1) is 0 Å². The van der Waals surface area contributed by atoms with Crippen LogP contribution in [-0.2, 0) is 13.0 Å². The monoisotopic (exact) mass is 230 g/mol. The molecule has 90 valence electrons. The van der Waals surface area contributed by atoms with Crippen LogP contribution >= 0.6 is 0 Å². The summed E-state index contributed by atoms with van der Waals surface area (Å²) < 4.78 is 1.90. The van der Waals surface area contributed by atoms with E-state index >= 15 is 0 Å². The topological polar surface area (TPSA) is 56.7 Å². The first-order valence-corrected chi connectivity index (χ1v) is 5.87. The van der Waals surface area contributed by atoms with Crippen molar-refractivity contribution in [2.45, 2.75) is 33.7 Å². The summed E-state index contributed by atoms with van der Waals surface area (Å²) in [6.45, 7) is 6.78. The minimum atomic E-state index is 0.523. The molecule has 0 aliphatic rings. The fourth-order valence-corrected chi connectivity index (χ4v) is 2.11. The van der Waals surface area contributed by atoms with Crippen molar-refractivity contribution in [3.8, 4) is 5.82 Å². The van der Waals surface area contributed by atoms with E-state index in [-0.39, 0.29) is 0 Å². The Morgan fingerprint density at radius 2 is 2.12 bits per heavy atom. The summed E-state index contributed by atoms with van der Waals surface area (Å²) in [5.74, 6) is 0.841. The molecule has 0 bridgehead atoms. The Labute approximate surface area is 101 Å². The van der Waals surface area contributed by atoms with E-state index in [1.165, 1.54) is 5.56 Å². The van der Waals surface area contributed by atoms with Gasteiger partial charge in [0.05, 0.1) is 5.69 Å². The second-order valence-electron chi connectivity index (χ2n) is 4.14. The van der Waals surface area contributed by atoms with E-state index in [2.05, 4.69) is 23.9 Å². The van der Waals surface area contributed by atoms with Crippen LogP contribution in [0.3, 0.4) is 0 Å². The molecule has 2 N–H and O–H groups in total. The van der Waals surface area contributed by atoms with E-state index in [1.54, 1.807) is 6.20 Å². The zero-order chi connectivity index (χ0) is 12.4. The van der Waals surface area contributed by atoms with Crippen molar-refractivity contribution in [3.05, 3.63) is 40.8 Å². The van der Waals surface area contributed by atoms with Crippen molar-refractivity contribution in [2.24, 2.45) is 5.73 Å². The van der Waals surface area contributed by atoms with E-state index in [1.807, 2.05) is 23.7 Å². The molecule has 0 aliphatic carbocycles. The van der Waals surface area contributed by atoms with E-state index in [0.29, 0.717) is 6.54 Å². The van der Waals surface area contributed by atoms with Crippen LogP contribution in [-0.4, -0.2) is 14.8 Å². The second kappa shape index (κ2) is 4.67. The molecule has 2 aromatic rings. The number of rotatable bonds is 3. The number of aromatic nitrogens is 3. The molecule has 0 spiro atoms. The van der Waals surface area contributed by atoms with E-state index in [4.69, 9.17) is 5.73 Å². The van der Waals surface area contributed by atoms with Crippen LogP contribution in [0.25, 0.3) is 5.82 Å². The van der Waals surface area contributed by atoms with Crippen molar-refractivity contribution in [3.63, 3.8) is 0 Å². The Kier molecular flexibility index (Phi) is 3.24. The fourth-order valence-electron chi connectivity index (χ4n) is 2.11. The van der Waals surface area contributed by atoms with Crippen LogP contribution < -0.4 is 5.73 Å². The van der Waals surface area contributed by atoms with Gasteiger partial charge in [-0.2, -0.15) is 5.10 Å². The van der Waals surface area contributed by atoms with Crippen LogP contribution in [0.2, 0.25) is 0 Å². The average Bonchev–Trinajstić information content (AvgIpc) is 2.64. The first-order chi connectivity index (χ1) is 8.17. The minimum Gasteiger partial charge on any atom is -0.326 e. The van der Waals surface area contributed by atoms with E-state index in [0.717, 1.165) is 29.2 Å². The Balaban J connectivity index is 2.52. The summed E-state index contributed by atoms with van der Waals surface area (Å²) in [7, 11) is 0. The van der Waals surface area contributed by atoms with Gasteiger partial charge in [0.15, 0.2) is 5.82 Å². The predicted octanol–water partition coefficient (Wildman–Crippen LogP) is 1.91. The fraction of sp³-hybridized carbons (Fsp3) is 0.385. The van der Waals surface area contributed by atoms with Gasteiger partial charge < -0.3 is 5.73 Å². The maximum absolute atomic E-state index is 5.64. The molecule has 4 heteroatoms. The summed E-state index contributed by atoms with van der Waals surface area (Å²) in [6, 6.07) is 3.91. The molecule has 0 atom stereocenters. The van der Waals surface area contributed by atoms with Gasteiger partial charge in [0.2, 0.25) is 0 Å². The SMILES string of the molecule is CCc1c(C)nn(-c2cc(CN)ccn2)c1C. The number of hydrogen-bond acceptors (Lipinski definition) is 3. The smallest absolute Gasteiger partial charge is 0.153 e. The summed E-state index contributed by atoms with van der Waals surface area (Å²) in [4.78, 5) is 4.35. The first-order valence-electron chi connectivity index (χ1n) is 5.87. The van der Waals surface area contributed by atoms with Crippen molar-refractivity contribution < 1.29 is 0 Å². The highest BCUT2D eigenvalue weighted by atomic mass is 15.3. The molecule has 0 aromatic carbocycles. The Hall–Kier alpha value is -1.68. The normalized spacial score (nSPS) is 10.8. The molecule has 17 heavy (non-hydrogen) atoms. The molecule has 2 heterocycles. The van der Waals surface area contributed by atoms with Gasteiger partial charge in [0.1, 0.15) is 0 Å². The highest BCUT2D eigenvalue weighted by molar-refractivity contribution is 5.34. The van der Waals surface area contributed by atoms with Gasteiger partial charge in [-0.05, 0) is 43.5 Å². The highest BCUT2D eigenvalue weighted by Crippen LogP contribution is 2.17. The molecule has 0 saturated heterocycles. The largest absolute Gasteiger partial charge is 0.326 e. The summed E-state index contributed by atoms with van der Waals surface area (Å²) in [6.07, 6.45) is 2.77. The summed E-state index contributed by atoms with van der Waals surface area (Å²) in [5, 5.41) is 4.54. The number of aryl methyl sites for hydroxylation is 1. The predicted molar refractivity (Wildman–Crippen MR) is 68.1 cm³/mol. The molecule has 0 amide bonds. The molecule has 0 unspecified atom stereocenters. The standard InChI is InChI=1S/C13H18N4/c1-4-12-9(2)16-17(10(12)3)13-7-11(8-14)5-6-15-13/h5-7H,4,8,14H2,1-3H3. The molecule has 4 nitrogen and oxygen atoms in total. The van der Waals surface area contributed by atoms with E-state index < -0.39 is 0 Å². The van der Waals surface area contributed by atoms with Crippen LogP contribution in [0.15, 0.2) is 18.3 Å². The zero-order valence-corrected chi connectivity index (χ0v) is 10.6. The van der Waals surface area contributed by atoms with Gasteiger partial charge in [0.25, 0.3) is 0 Å². The lowest BCUT2D eigenvalue weighted by Gasteiger charge is -2.05. The molecule has 2 rings (SSSR count). The van der Waals surface area contributed by atoms with Crippen molar-refractivity contribution in [1.29, 1.82) is 0 Å². The summed E-state index contributed by atoms with van der Waals surface area (Å²) in [5.41, 5.74) is 10.2. The van der Waals surface area contributed by atoms with Crippen LogP contribution in [0, 0.1) is 13.8 Å². The number of hydrogen-bond donors (Lipinski definition) is 1. The molecule has 0 aliphatic heterocycles. The minimum absolute atomic E-state index is 0.523. The van der Waals surface area contributed by atoms with Gasteiger partial charge >= 0.3 is 0 Å². The van der Waals surface area contributed by atoms with Crippen molar-refractivity contribution >= 4 is 0 Å². The van der Waals surface area contributed by atoms with Crippen molar-refractivity contribution in [1.82, 2.24) is 14.8 Å². The quantitative estimate of drug-likeness (QED) is 0.876. The van der Waals surface area contributed by atoms with Crippen molar-refractivity contribution in [2.75, 3.05) is 0 Å². The van der Waals surface area contributed by atoms with Gasteiger partial charge in [-0.3, -0.25) is 0 Å². The Morgan fingerprint density at radius 3 is 2.71 bits per heavy atom. The molecule has 0 fully saturated rings. The van der Waals surface area contributed by atoms with Gasteiger partial charge in [0, 0.05) is 18.4 Å². The molecular weight excluding hydrogens is 212 g/mol. The number of pyridine rings is 1. The third-order valence-electron chi connectivity index (χ3n) is 3.06. The molecule has 0 radical (unpaired) electrons. The Morgan fingerprint density at radius 1 is 1.35 bits per heavy atom. The van der Waals surface area contributed by atoms with Gasteiger partial charge in [-0.1, -0.05) is 6.92 Å². The Bertz CT molecular complexity index is 528. The number of nitrogens with two attached hydrogens (primary N) is 1. The van der Waals surface area contributed by atoms with Crippen LogP contribution in [0.5, 0.6) is 0 Å². The lowest BCUT2D eigenvalue weighted by Crippen LogP contribution is -2.04. The van der Waals surface area contributed by atoms with E-state index in [9.17, 15) is 0 Å². The van der Waals surface area contributed by atoms with Crippen LogP contribution in [0.4, 0.5) is 0 Å². The first kappa shape index (κ1) is 11.8. The maximum Gasteiger partial charge on any atom is 0.153 e. The van der Waals surface area contributed by atoms with Gasteiger partial charge in [-0.25, -0.2) is 9.67 Å². The summed E-state index contributed by atoms with van der Waals surface area (Å²) >= 11 is 0. The lowest BCUT2D eigenvalue weighted by atomic mass is 10.1. The molecule has 2 aromatic heterocycles. The third kappa shape index (κ3) is 2.08. The lowest BCUT2D eigenvalue weighted by molar-refractivity contribution is 0.801. The average molecular weight is 230 g/mol.